The van der Waals surface area contributed by atoms with Gasteiger partial charge >= 0.3 is 0 Å². The smallest absolute Gasteiger partial charge is 0.189 e. The molecule has 2 heterocycles. The summed E-state index contributed by atoms with van der Waals surface area (Å²) in [6, 6.07) is 0.315. The Bertz CT molecular complexity index is 204. The van der Waals surface area contributed by atoms with E-state index in [1.54, 1.807) is 0 Å². The first kappa shape index (κ1) is 7.86. The summed E-state index contributed by atoms with van der Waals surface area (Å²) in [7, 11) is 0. The van der Waals surface area contributed by atoms with Crippen LogP contribution in [0.2, 0.25) is 0 Å². The van der Waals surface area contributed by atoms with Crippen molar-refractivity contribution in [3.63, 3.8) is 0 Å². The predicted octanol–water partition coefficient (Wildman–Crippen LogP) is -0.160. The second kappa shape index (κ2) is 2.94. The lowest BCUT2D eigenvalue weighted by Crippen LogP contribution is -2.42. The Morgan fingerprint density at radius 1 is 1.58 bits per heavy atom. The number of nitrogens with zero attached hydrogens (tertiary/aromatic N) is 1. The first-order valence-corrected chi connectivity index (χ1v) is 4.47. The monoisotopic (exact) mass is 169 g/mol. The van der Waals surface area contributed by atoms with E-state index in [1.165, 1.54) is 0 Å². The van der Waals surface area contributed by atoms with Gasteiger partial charge in [0.1, 0.15) is 0 Å². The Hall–Kier alpha value is -0.770. The Morgan fingerprint density at radius 2 is 2.42 bits per heavy atom. The van der Waals surface area contributed by atoms with Crippen molar-refractivity contribution in [1.29, 1.82) is 0 Å². The van der Waals surface area contributed by atoms with Crippen LogP contribution < -0.4 is 11.1 Å². The van der Waals surface area contributed by atoms with Crippen LogP contribution in [0.4, 0.5) is 0 Å². The molecular weight excluding hydrogens is 154 g/mol. The van der Waals surface area contributed by atoms with E-state index >= 15 is 0 Å². The number of hydrogen-bond donors (Lipinski definition) is 2. The molecule has 2 aliphatic heterocycles. The highest BCUT2D eigenvalue weighted by Gasteiger charge is 2.31. The Kier molecular flexibility index (Phi) is 1.92. The summed E-state index contributed by atoms with van der Waals surface area (Å²) in [6.45, 7) is 2.88. The number of aliphatic imine (C=N–C) groups is 1. The molecule has 1 fully saturated rings. The Labute approximate surface area is 72.2 Å². The first-order valence-electron chi connectivity index (χ1n) is 4.47. The van der Waals surface area contributed by atoms with Crippen LogP contribution in [0, 0.1) is 0 Å². The fourth-order valence-corrected chi connectivity index (χ4v) is 1.82. The summed E-state index contributed by atoms with van der Waals surface area (Å²) in [5.41, 5.74) is 5.51. The van der Waals surface area contributed by atoms with Gasteiger partial charge in [-0.3, -0.25) is 4.99 Å². The van der Waals surface area contributed by atoms with Gasteiger partial charge in [-0.05, 0) is 19.8 Å². The fraction of sp³-hybridized carbons (Fsp3) is 0.875. The summed E-state index contributed by atoms with van der Waals surface area (Å²) in [5.74, 6) is 0.558. The first-order chi connectivity index (χ1) is 5.75. The van der Waals surface area contributed by atoms with Crippen molar-refractivity contribution in [3.8, 4) is 0 Å². The van der Waals surface area contributed by atoms with E-state index in [1.807, 2.05) is 0 Å². The van der Waals surface area contributed by atoms with E-state index in [0.29, 0.717) is 24.2 Å². The molecule has 2 rings (SSSR count). The van der Waals surface area contributed by atoms with Crippen molar-refractivity contribution in [2.24, 2.45) is 10.7 Å². The molecule has 0 aromatic carbocycles. The SMILES string of the molecule is CC1CCC(C2CN=C(N)N2)O1. The van der Waals surface area contributed by atoms with Gasteiger partial charge in [0.25, 0.3) is 0 Å². The van der Waals surface area contributed by atoms with E-state index in [2.05, 4.69) is 17.2 Å². The fourth-order valence-electron chi connectivity index (χ4n) is 1.82. The second-order valence-corrected chi connectivity index (χ2v) is 3.54. The van der Waals surface area contributed by atoms with Crippen molar-refractivity contribution in [2.75, 3.05) is 6.54 Å². The molecule has 12 heavy (non-hydrogen) atoms. The number of ether oxygens (including phenoxy) is 1. The summed E-state index contributed by atoms with van der Waals surface area (Å²) in [6.07, 6.45) is 2.99. The molecular formula is C8H15N3O. The van der Waals surface area contributed by atoms with Crippen LogP contribution in [0.15, 0.2) is 4.99 Å². The minimum atomic E-state index is 0.310. The molecule has 0 aliphatic carbocycles. The van der Waals surface area contributed by atoms with E-state index < -0.39 is 0 Å². The van der Waals surface area contributed by atoms with Crippen LogP contribution in [0.1, 0.15) is 19.8 Å². The maximum absolute atomic E-state index is 5.70. The molecule has 4 heteroatoms. The summed E-state index contributed by atoms with van der Waals surface area (Å²) in [5, 5.41) is 3.12. The number of hydrogen-bond acceptors (Lipinski definition) is 4. The van der Waals surface area contributed by atoms with Crippen LogP contribution >= 0.6 is 0 Å². The molecule has 3 atom stereocenters. The van der Waals surface area contributed by atoms with Crippen LogP contribution in [0.25, 0.3) is 0 Å². The third-order valence-electron chi connectivity index (χ3n) is 2.51. The highest BCUT2D eigenvalue weighted by molar-refractivity contribution is 5.79. The zero-order chi connectivity index (χ0) is 8.55. The lowest BCUT2D eigenvalue weighted by Gasteiger charge is -2.18. The molecule has 3 N–H and O–H groups in total. The zero-order valence-electron chi connectivity index (χ0n) is 7.29. The van der Waals surface area contributed by atoms with E-state index in [-0.39, 0.29) is 0 Å². The third kappa shape index (κ3) is 1.39. The number of nitrogens with one attached hydrogen (secondary N) is 1. The normalized spacial score (nSPS) is 41.1. The predicted molar refractivity (Wildman–Crippen MR) is 47.0 cm³/mol. The Morgan fingerprint density at radius 3 is 2.92 bits per heavy atom. The van der Waals surface area contributed by atoms with Crippen molar-refractivity contribution >= 4 is 5.96 Å². The molecule has 0 spiro atoms. The second-order valence-electron chi connectivity index (χ2n) is 3.54. The third-order valence-corrected chi connectivity index (χ3v) is 2.51. The summed E-state index contributed by atoms with van der Waals surface area (Å²) in [4.78, 5) is 4.09. The molecule has 68 valence electrons. The molecule has 0 bridgehead atoms. The van der Waals surface area contributed by atoms with E-state index in [0.717, 1.165) is 19.4 Å². The largest absolute Gasteiger partial charge is 0.373 e. The van der Waals surface area contributed by atoms with Crippen molar-refractivity contribution in [1.82, 2.24) is 5.32 Å². The molecule has 0 radical (unpaired) electrons. The minimum absolute atomic E-state index is 0.310. The van der Waals surface area contributed by atoms with E-state index in [4.69, 9.17) is 10.5 Å². The number of rotatable bonds is 1. The van der Waals surface area contributed by atoms with Gasteiger partial charge in [-0.25, -0.2) is 0 Å². The van der Waals surface area contributed by atoms with Crippen molar-refractivity contribution < 1.29 is 4.74 Å². The molecule has 2 aliphatic rings. The van der Waals surface area contributed by atoms with Gasteiger partial charge in [0.15, 0.2) is 5.96 Å². The molecule has 0 amide bonds. The van der Waals surface area contributed by atoms with Crippen LogP contribution in [0.5, 0.6) is 0 Å². The molecule has 0 saturated carbocycles. The van der Waals surface area contributed by atoms with Gasteiger partial charge in [0.05, 0.1) is 24.8 Å². The lowest BCUT2D eigenvalue weighted by molar-refractivity contribution is 0.0397. The van der Waals surface area contributed by atoms with Gasteiger partial charge in [-0.15, -0.1) is 0 Å². The minimum Gasteiger partial charge on any atom is -0.373 e. The average molecular weight is 169 g/mol. The van der Waals surface area contributed by atoms with E-state index in [9.17, 15) is 0 Å². The maximum Gasteiger partial charge on any atom is 0.189 e. The maximum atomic E-state index is 5.70. The van der Waals surface area contributed by atoms with Gasteiger partial charge in [-0.2, -0.15) is 0 Å². The van der Waals surface area contributed by atoms with Crippen LogP contribution in [-0.4, -0.2) is 30.8 Å². The summed E-state index contributed by atoms with van der Waals surface area (Å²) >= 11 is 0. The quantitative estimate of drug-likeness (QED) is 0.573. The summed E-state index contributed by atoms with van der Waals surface area (Å²) < 4.78 is 5.70. The van der Waals surface area contributed by atoms with Gasteiger partial charge in [0.2, 0.25) is 0 Å². The standard InChI is InChI=1S/C8H15N3O/c1-5-2-3-7(12-5)6-4-10-8(9)11-6/h5-7H,2-4H2,1H3,(H3,9,10,11). The molecule has 3 unspecified atom stereocenters. The van der Waals surface area contributed by atoms with Gasteiger partial charge < -0.3 is 15.8 Å². The van der Waals surface area contributed by atoms with Crippen molar-refractivity contribution in [3.05, 3.63) is 0 Å². The highest BCUT2D eigenvalue weighted by Crippen LogP contribution is 2.22. The average Bonchev–Trinajstić information content (AvgIpc) is 2.58. The lowest BCUT2D eigenvalue weighted by atomic mass is 10.1. The van der Waals surface area contributed by atoms with Crippen LogP contribution in [0.3, 0.4) is 0 Å². The number of nitrogens with two attached hydrogens (primary N) is 1. The molecule has 0 aromatic heterocycles. The molecule has 0 aromatic rings. The van der Waals surface area contributed by atoms with Gasteiger partial charge in [0, 0.05) is 0 Å². The highest BCUT2D eigenvalue weighted by atomic mass is 16.5. The molecule has 1 saturated heterocycles. The topological polar surface area (TPSA) is 59.6 Å². The van der Waals surface area contributed by atoms with Gasteiger partial charge in [-0.1, -0.05) is 0 Å². The Balaban J connectivity index is 1.87. The van der Waals surface area contributed by atoms with Crippen LogP contribution in [-0.2, 0) is 4.74 Å². The zero-order valence-corrected chi connectivity index (χ0v) is 7.29. The number of guanidine groups is 1. The molecule has 4 nitrogen and oxygen atoms in total. The van der Waals surface area contributed by atoms with Crippen molar-refractivity contribution in [2.45, 2.75) is 38.0 Å².